The van der Waals surface area contributed by atoms with Gasteiger partial charge in [0, 0.05) is 19.6 Å². The molecule has 3 aromatic rings. The van der Waals surface area contributed by atoms with Gasteiger partial charge < -0.3 is 9.53 Å². The van der Waals surface area contributed by atoms with Crippen LogP contribution in [-0.2, 0) is 11.0 Å². The molecule has 162 valence electrons. The first-order chi connectivity index (χ1) is 14.9. The number of likely N-dealkylation sites (tertiary alicyclic amines) is 1. The lowest BCUT2D eigenvalue weighted by Gasteiger charge is -2.45. The van der Waals surface area contributed by atoms with Crippen LogP contribution in [0.15, 0.2) is 91.0 Å². The van der Waals surface area contributed by atoms with Crippen molar-refractivity contribution in [2.45, 2.75) is 44.6 Å². The molecule has 2 atom stereocenters. The molecule has 4 rings (SSSR count). The average molecular weight is 432 g/mol. The van der Waals surface area contributed by atoms with Crippen molar-refractivity contribution in [1.29, 1.82) is 0 Å². The Morgan fingerprint density at radius 3 is 1.77 bits per heavy atom. The second-order valence-corrected chi connectivity index (χ2v) is 13.8. The Morgan fingerprint density at radius 1 is 0.806 bits per heavy atom. The van der Waals surface area contributed by atoms with Crippen LogP contribution in [0.3, 0.4) is 0 Å². The normalized spacial score (nSPS) is 20.1. The van der Waals surface area contributed by atoms with E-state index in [2.05, 4.69) is 111 Å². The van der Waals surface area contributed by atoms with Gasteiger partial charge in [0.2, 0.25) is 0 Å². The van der Waals surface area contributed by atoms with E-state index < -0.39 is 14.4 Å². The molecule has 1 saturated heterocycles. The summed E-state index contributed by atoms with van der Waals surface area (Å²) in [5.74, 6) is 0. The molecule has 3 nitrogen and oxygen atoms in total. The Bertz CT molecular complexity index is 917. The maximum Gasteiger partial charge on any atom is 0.261 e. The summed E-state index contributed by atoms with van der Waals surface area (Å²) in [6.07, 6.45) is -0.708. The van der Waals surface area contributed by atoms with Crippen LogP contribution in [0.25, 0.3) is 0 Å². The third-order valence-corrected chi connectivity index (χ3v) is 11.4. The van der Waals surface area contributed by atoms with Crippen LogP contribution in [0, 0.1) is 0 Å². The summed E-state index contributed by atoms with van der Waals surface area (Å²) in [7, 11) is -2.66. The van der Waals surface area contributed by atoms with Crippen molar-refractivity contribution in [3.8, 4) is 0 Å². The number of benzene rings is 3. The van der Waals surface area contributed by atoms with E-state index in [1.165, 1.54) is 15.9 Å². The van der Waals surface area contributed by atoms with Crippen molar-refractivity contribution in [1.82, 2.24) is 4.90 Å². The molecule has 1 aliphatic heterocycles. The van der Waals surface area contributed by atoms with E-state index in [1.807, 2.05) is 6.07 Å². The molecule has 1 aliphatic rings. The number of nitrogens with zero attached hydrogens (tertiary/aromatic N) is 1. The lowest BCUT2D eigenvalue weighted by Crippen LogP contribution is -2.68. The van der Waals surface area contributed by atoms with E-state index in [-0.39, 0.29) is 11.1 Å². The second kappa shape index (κ2) is 9.09. The molecule has 0 saturated carbocycles. The largest absolute Gasteiger partial charge is 0.400 e. The summed E-state index contributed by atoms with van der Waals surface area (Å²) in [5.41, 5.74) is 1.26. The minimum absolute atomic E-state index is 0.0950. The maximum absolute atomic E-state index is 11.0. The first-order valence-corrected chi connectivity index (χ1v) is 13.0. The Labute approximate surface area is 187 Å². The highest BCUT2D eigenvalue weighted by Crippen LogP contribution is 2.38. The van der Waals surface area contributed by atoms with Crippen LogP contribution in [0.4, 0.5) is 0 Å². The highest BCUT2D eigenvalue weighted by atomic mass is 28.4. The SMILES string of the molecule is CC(C)(C)[Si](O[C@H]1CN(Cc2ccccc2)C[C@@H]1O)(c1ccccc1)c1ccccc1. The van der Waals surface area contributed by atoms with E-state index in [0.717, 1.165) is 13.1 Å². The first-order valence-electron chi connectivity index (χ1n) is 11.1. The maximum atomic E-state index is 11.0. The third-order valence-electron chi connectivity index (χ3n) is 6.31. The van der Waals surface area contributed by atoms with Gasteiger partial charge in [0.05, 0.1) is 12.2 Å². The van der Waals surface area contributed by atoms with Crippen molar-refractivity contribution in [2.75, 3.05) is 13.1 Å². The molecule has 1 N–H and O–H groups in total. The molecule has 1 fully saturated rings. The number of hydrogen-bond acceptors (Lipinski definition) is 3. The molecule has 0 unspecified atom stereocenters. The van der Waals surface area contributed by atoms with E-state index in [1.54, 1.807) is 0 Å². The van der Waals surface area contributed by atoms with Gasteiger partial charge in [-0.25, -0.2) is 0 Å². The van der Waals surface area contributed by atoms with Gasteiger partial charge in [0.1, 0.15) is 0 Å². The van der Waals surface area contributed by atoms with E-state index in [4.69, 9.17) is 4.43 Å². The second-order valence-electron chi connectivity index (χ2n) is 9.57. The van der Waals surface area contributed by atoms with Gasteiger partial charge in [-0.05, 0) is 21.0 Å². The number of aliphatic hydroxyl groups excluding tert-OH is 1. The van der Waals surface area contributed by atoms with E-state index in [9.17, 15) is 5.11 Å². The highest BCUT2D eigenvalue weighted by molar-refractivity contribution is 6.99. The van der Waals surface area contributed by atoms with Crippen LogP contribution >= 0.6 is 0 Å². The lowest BCUT2D eigenvalue weighted by atomic mass is 10.2. The van der Waals surface area contributed by atoms with Gasteiger partial charge in [-0.1, -0.05) is 112 Å². The number of β-amino-alcohol motifs (C(OH)–C–C–N with tert-alkyl or cyclic N) is 1. The lowest BCUT2D eigenvalue weighted by molar-refractivity contribution is 0.0671. The van der Waals surface area contributed by atoms with Crippen molar-refractivity contribution >= 4 is 18.7 Å². The first kappa shape index (κ1) is 22.0. The van der Waals surface area contributed by atoms with Gasteiger partial charge in [-0.2, -0.15) is 0 Å². The Morgan fingerprint density at radius 2 is 1.29 bits per heavy atom. The summed E-state index contributed by atoms with van der Waals surface area (Å²) < 4.78 is 7.16. The quantitative estimate of drug-likeness (QED) is 0.603. The van der Waals surface area contributed by atoms with Crippen molar-refractivity contribution < 1.29 is 9.53 Å². The summed E-state index contributed by atoms with van der Waals surface area (Å²) >= 11 is 0. The zero-order valence-electron chi connectivity index (χ0n) is 18.7. The Hall–Kier alpha value is -2.24. The smallest absolute Gasteiger partial charge is 0.261 e. The van der Waals surface area contributed by atoms with Gasteiger partial charge in [0.15, 0.2) is 0 Å². The van der Waals surface area contributed by atoms with Crippen molar-refractivity contribution in [3.63, 3.8) is 0 Å². The minimum Gasteiger partial charge on any atom is -0.400 e. The number of hydrogen-bond donors (Lipinski definition) is 1. The van der Waals surface area contributed by atoms with Gasteiger partial charge in [-0.15, -0.1) is 0 Å². The fourth-order valence-corrected chi connectivity index (χ4v) is 9.54. The molecule has 0 aliphatic carbocycles. The average Bonchev–Trinajstić information content (AvgIpc) is 3.11. The molecular formula is C27H33NO2Si. The van der Waals surface area contributed by atoms with E-state index >= 15 is 0 Å². The molecule has 4 heteroatoms. The van der Waals surface area contributed by atoms with Crippen LogP contribution in [-0.4, -0.2) is 43.6 Å². The Balaban J connectivity index is 1.68. The number of aliphatic hydroxyl groups is 1. The van der Waals surface area contributed by atoms with E-state index in [0.29, 0.717) is 6.54 Å². The predicted molar refractivity (Wildman–Crippen MR) is 130 cm³/mol. The number of rotatable bonds is 6. The van der Waals surface area contributed by atoms with Crippen LogP contribution in [0.2, 0.25) is 5.04 Å². The minimum atomic E-state index is -2.66. The monoisotopic (exact) mass is 431 g/mol. The van der Waals surface area contributed by atoms with Crippen LogP contribution in [0.1, 0.15) is 26.3 Å². The molecule has 0 bridgehead atoms. The molecule has 0 aromatic heterocycles. The molecule has 0 amide bonds. The molecule has 0 radical (unpaired) electrons. The molecular weight excluding hydrogens is 398 g/mol. The standard InChI is InChI=1S/C27H33NO2Si/c1-27(2,3)31(23-15-9-5-10-16-23,24-17-11-6-12-18-24)30-26-21-28(20-25(26)29)19-22-13-7-4-8-14-22/h4-18,25-26,29H,19-21H2,1-3H3/t25-,26-/m0/s1. The van der Waals surface area contributed by atoms with Crippen molar-refractivity contribution in [3.05, 3.63) is 96.6 Å². The molecule has 1 heterocycles. The van der Waals surface area contributed by atoms with Crippen LogP contribution in [0.5, 0.6) is 0 Å². The topological polar surface area (TPSA) is 32.7 Å². The third kappa shape index (κ3) is 4.53. The summed E-state index contributed by atoms with van der Waals surface area (Å²) in [6, 6.07) is 31.8. The zero-order chi connectivity index (χ0) is 21.9. The van der Waals surface area contributed by atoms with Crippen LogP contribution < -0.4 is 10.4 Å². The van der Waals surface area contributed by atoms with Gasteiger partial charge in [-0.3, -0.25) is 4.90 Å². The highest BCUT2D eigenvalue weighted by Gasteiger charge is 2.53. The fraction of sp³-hybridized carbons (Fsp3) is 0.333. The Kier molecular flexibility index (Phi) is 6.44. The molecule has 0 spiro atoms. The summed E-state index contributed by atoms with van der Waals surface area (Å²) in [5, 5.41) is 13.4. The molecule has 31 heavy (non-hydrogen) atoms. The predicted octanol–water partition coefficient (Wildman–Crippen LogP) is 3.81. The van der Waals surface area contributed by atoms with Crippen molar-refractivity contribution in [2.24, 2.45) is 0 Å². The molecule has 3 aromatic carbocycles. The fourth-order valence-electron chi connectivity index (χ4n) is 4.84. The van der Waals surface area contributed by atoms with Gasteiger partial charge >= 0.3 is 0 Å². The van der Waals surface area contributed by atoms with Gasteiger partial charge in [0.25, 0.3) is 8.32 Å². The summed E-state index contributed by atoms with van der Waals surface area (Å²) in [6.45, 7) is 9.05. The zero-order valence-corrected chi connectivity index (χ0v) is 19.7. The summed E-state index contributed by atoms with van der Waals surface area (Å²) in [4.78, 5) is 2.31.